The van der Waals surface area contributed by atoms with Crippen molar-refractivity contribution in [1.29, 1.82) is 0 Å². The molecule has 0 bridgehead atoms. The van der Waals surface area contributed by atoms with Crippen LogP contribution >= 0.6 is 0 Å². The summed E-state index contributed by atoms with van der Waals surface area (Å²) in [6.45, 7) is 0.792. The van der Waals surface area contributed by atoms with Crippen LogP contribution in [-0.4, -0.2) is 38.2 Å². The van der Waals surface area contributed by atoms with Crippen molar-refractivity contribution in [3.05, 3.63) is 55.1 Å². The lowest BCUT2D eigenvalue weighted by Crippen LogP contribution is -2.06. The minimum Gasteiger partial charge on any atom is -0.396 e. The van der Waals surface area contributed by atoms with Gasteiger partial charge in [-0.15, -0.1) is 0 Å². The van der Waals surface area contributed by atoms with Crippen molar-refractivity contribution in [1.82, 2.24) is 19.9 Å². The molecule has 0 saturated heterocycles. The highest BCUT2D eigenvalue weighted by molar-refractivity contribution is 5.66. The first-order chi connectivity index (χ1) is 11.4. The van der Waals surface area contributed by atoms with Crippen molar-refractivity contribution in [2.75, 3.05) is 18.5 Å². The van der Waals surface area contributed by atoms with E-state index in [4.69, 9.17) is 5.11 Å². The van der Waals surface area contributed by atoms with Gasteiger partial charge in [0.15, 0.2) is 5.82 Å². The molecule has 3 rings (SSSR count). The van der Waals surface area contributed by atoms with Gasteiger partial charge in [0.25, 0.3) is 0 Å². The van der Waals surface area contributed by atoms with E-state index in [1.165, 1.54) is 0 Å². The van der Waals surface area contributed by atoms with Gasteiger partial charge in [-0.25, -0.2) is 9.97 Å². The molecule has 116 valence electrons. The van der Waals surface area contributed by atoms with Crippen molar-refractivity contribution in [3.63, 3.8) is 0 Å². The number of aliphatic hydroxyl groups excluding tert-OH is 1. The first-order valence-electron chi connectivity index (χ1n) is 7.41. The lowest BCUT2D eigenvalue weighted by Gasteiger charge is -2.10. The van der Waals surface area contributed by atoms with Crippen LogP contribution in [0.2, 0.25) is 0 Å². The van der Waals surface area contributed by atoms with Gasteiger partial charge in [0.2, 0.25) is 0 Å². The fourth-order valence-electron chi connectivity index (χ4n) is 2.13. The summed E-state index contributed by atoms with van der Waals surface area (Å²) in [5.41, 5.74) is 2.62. The predicted octanol–water partition coefficient (Wildman–Crippen LogP) is 2.39. The second-order valence-electron chi connectivity index (χ2n) is 4.94. The molecule has 0 fully saturated rings. The number of hydrogen-bond acceptors (Lipinski definition) is 6. The molecule has 3 aromatic rings. The van der Waals surface area contributed by atoms with E-state index >= 15 is 0 Å². The molecule has 3 aromatic heterocycles. The third-order valence-corrected chi connectivity index (χ3v) is 3.26. The number of rotatable bonds is 6. The highest BCUT2D eigenvalue weighted by Crippen LogP contribution is 2.23. The fraction of sp³-hybridized carbons (Fsp3) is 0.176. The zero-order chi connectivity index (χ0) is 15.9. The summed E-state index contributed by atoms with van der Waals surface area (Å²) in [6.07, 6.45) is 7.60. The normalized spacial score (nSPS) is 10.5. The van der Waals surface area contributed by atoms with Crippen LogP contribution in [0.3, 0.4) is 0 Å². The molecule has 0 saturated carbocycles. The number of anilines is 1. The molecule has 0 radical (unpaired) electrons. The van der Waals surface area contributed by atoms with Crippen LogP contribution in [-0.2, 0) is 0 Å². The first kappa shape index (κ1) is 15.1. The van der Waals surface area contributed by atoms with Gasteiger partial charge < -0.3 is 10.4 Å². The first-order valence-corrected chi connectivity index (χ1v) is 7.41. The van der Waals surface area contributed by atoms with Gasteiger partial charge in [0.1, 0.15) is 5.82 Å². The van der Waals surface area contributed by atoms with Crippen LogP contribution in [0.4, 0.5) is 5.82 Å². The predicted molar refractivity (Wildman–Crippen MR) is 88.7 cm³/mol. The van der Waals surface area contributed by atoms with Crippen LogP contribution in [0.15, 0.2) is 55.1 Å². The monoisotopic (exact) mass is 307 g/mol. The number of nitrogens with one attached hydrogen (secondary N) is 1. The lowest BCUT2D eigenvalue weighted by atomic mass is 10.2. The zero-order valence-electron chi connectivity index (χ0n) is 12.6. The molecule has 6 nitrogen and oxygen atoms in total. The van der Waals surface area contributed by atoms with Crippen LogP contribution < -0.4 is 5.32 Å². The number of aliphatic hydroxyl groups is 1. The summed E-state index contributed by atoms with van der Waals surface area (Å²) in [4.78, 5) is 17.4. The Labute approximate surface area is 134 Å². The maximum atomic E-state index is 8.92. The van der Waals surface area contributed by atoms with Gasteiger partial charge >= 0.3 is 0 Å². The molecule has 0 aliphatic rings. The third-order valence-electron chi connectivity index (χ3n) is 3.26. The number of hydrogen-bond donors (Lipinski definition) is 2. The Morgan fingerprint density at radius 1 is 0.957 bits per heavy atom. The largest absolute Gasteiger partial charge is 0.396 e. The zero-order valence-corrected chi connectivity index (χ0v) is 12.6. The quantitative estimate of drug-likeness (QED) is 0.680. The van der Waals surface area contributed by atoms with Gasteiger partial charge in [0.05, 0.1) is 5.69 Å². The van der Waals surface area contributed by atoms with Crippen molar-refractivity contribution in [3.8, 4) is 22.6 Å². The van der Waals surface area contributed by atoms with Gasteiger partial charge in [-0.05, 0) is 30.7 Å². The molecule has 0 aromatic carbocycles. The van der Waals surface area contributed by atoms with Gasteiger partial charge in [0, 0.05) is 55.1 Å². The van der Waals surface area contributed by atoms with Crippen molar-refractivity contribution >= 4 is 5.82 Å². The Morgan fingerprint density at radius 3 is 2.57 bits per heavy atom. The molecule has 6 heteroatoms. The SMILES string of the molecule is OCCCNc1cc(-c2cccnc2)nc(-c2ccncc2)n1. The van der Waals surface area contributed by atoms with Crippen LogP contribution in [0.5, 0.6) is 0 Å². The van der Waals surface area contributed by atoms with Crippen molar-refractivity contribution in [2.45, 2.75) is 6.42 Å². The maximum Gasteiger partial charge on any atom is 0.162 e. The molecule has 0 amide bonds. The molecular weight excluding hydrogens is 290 g/mol. The smallest absolute Gasteiger partial charge is 0.162 e. The van der Waals surface area contributed by atoms with Gasteiger partial charge in [-0.2, -0.15) is 0 Å². The van der Waals surface area contributed by atoms with Crippen LogP contribution in [0.25, 0.3) is 22.6 Å². The fourth-order valence-corrected chi connectivity index (χ4v) is 2.13. The molecule has 2 N–H and O–H groups in total. The molecule has 0 unspecified atom stereocenters. The summed E-state index contributed by atoms with van der Waals surface area (Å²) in [7, 11) is 0. The topological polar surface area (TPSA) is 83.8 Å². The van der Waals surface area contributed by atoms with E-state index in [1.807, 2.05) is 30.3 Å². The second-order valence-corrected chi connectivity index (χ2v) is 4.94. The van der Waals surface area contributed by atoms with E-state index in [0.717, 1.165) is 22.6 Å². The van der Waals surface area contributed by atoms with Crippen molar-refractivity contribution in [2.24, 2.45) is 0 Å². The molecule has 3 heterocycles. The van der Waals surface area contributed by atoms with Gasteiger partial charge in [-0.1, -0.05) is 0 Å². The molecule has 23 heavy (non-hydrogen) atoms. The van der Waals surface area contributed by atoms with Crippen molar-refractivity contribution < 1.29 is 5.11 Å². The summed E-state index contributed by atoms with van der Waals surface area (Å²) >= 11 is 0. The highest BCUT2D eigenvalue weighted by Gasteiger charge is 2.08. The molecule has 0 spiro atoms. The third kappa shape index (κ3) is 3.87. The maximum absolute atomic E-state index is 8.92. The molecule has 0 aliphatic carbocycles. The van der Waals surface area contributed by atoms with E-state index in [2.05, 4.69) is 25.3 Å². The number of nitrogens with zero attached hydrogens (tertiary/aromatic N) is 4. The van der Waals surface area contributed by atoms with E-state index in [-0.39, 0.29) is 6.61 Å². The Kier molecular flexibility index (Phi) is 4.85. The number of pyridine rings is 2. The van der Waals surface area contributed by atoms with Crippen LogP contribution in [0.1, 0.15) is 6.42 Å². The summed E-state index contributed by atoms with van der Waals surface area (Å²) in [5.74, 6) is 1.35. The van der Waals surface area contributed by atoms with E-state index in [1.54, 1.807) is 24.8 Å². The van der Waals surface area contributed by atoms with Crippen LogP contribution in [0, 0.1) is 0 Å². The minimum atomic E-state index is 0.144. The Balaban J connectivity index is 2.00. The Bertz CT molecular complexity index is 692. The van der Waals surface area contributed by atoms with E-state index < -0.39 is 0 Å². The lowest BCUT2D eigenvalue weighted by molar-refractivity contribution is 0.292. The highest BCUT2D eigenvalue weighted by atomic mass is 16.3. The average Bonchev–Trinajstić information content (AvgIpc) is 2.63. The summed E-state index contributed by atoms with van der Waals surface area (Å²) < 4.78 is 0. The second kappa shape index (κ2) is 7.42. The average molecular weight is 307 g/mol. The van der Waals surface area contributed by atoms with E-state index in [9.17, 15) is 0 Å². The standard InChI is InChI=1S/C17H17N5O/c23-10-2-7-20-16-11-15(14-3-1-6-19-12-14)21-17(22-16)13-4-8-18-9-5-13/h1,3-6,8-9,11-12,23H,2,7,10H2,(H,20,21,22). The Hall–Kier alpha value is -2.86. The minimum absolute atomic E-state index is 0.144. The summed E-state index contributed by atoms with van der Waals surface area (Å²) in [5, 5.41) is 12.1. The molecular formula is C17H17N5O. The Morgan fingerprint density at radius 2 is 1.83 bits per heavy atom. The molecule has 0 atom stereocenters. The molecule has 0 aliphatic heterocycles. The number of aromatic nitrogens is 4. The van der Waals surface area contributed by atoms with Gasteiger partial charge in [-0.3, -0.25) is 9.97 Å². The summed E-state index contributed by atoms with van der Waals surface area (Å²) in [6, 6.07) is 9.48. The van der Waals surface area contributed by atoms with E-state index in [0.29, 0.717) is 18.8 Å².